The predicted octanol–water partition coefficient (Wildman–Crippen LogP) is 3.14. The van der Waals surface area contributed by atoms with Gasteiger partial charge in [0.1, 0.15) is 0 Å². The fraction of sp³-hybridized carbons (Fsp3) is 0.353. The number of hydrogen-bond acceptors (Lipinski definition) is 3. The second-order valence-corrected chi connectivity index (χ2v) is 5.07. The molecule has 2 aromatic rings. The van der Waals surface area contributed by atoms with E-state index < -0.39 is 0 Å². The van der Waals surface area contributed by atoms with E-state index in [0.29, 0.717) is 0 Å². The van der Waals surface area contributed by atoms with E-state index in [0.717, 1.165) is 19.6 Å². The molecule has 3 nitrogen and oxygen atoms in total. The molecule has 0 saturated heterocycles. The van der Waals surface area contributed by atoms with Crippen molar-refractivity contribution in [2.45, 2.75) is 26.9 Å². The Morgan fingerprint density at radius 3 is 2.70 bits per heavy atom. The summed E-state index contributed by atoms with van der Waals surface area (Å²) in [4.78, 5) is 6.53. The molecule has 20 heavy (non-hydrogen) atoms. The molecule has 1 aromatic carbocycles. The summed E-state index contributed by atoms with van der Waals surface area (Å²) in [5.41, 5.74) is 5.18. The molecule has 0 atom stereocenters. The molecule has 2 rings (SSSR count). The van der Waals surface area contributed by atoms with E-state index in [9.17, 15) is 0 Å². The van der Waals surface area contributed by atoms with E-state index in [1.54, 1.807) is 0 Å². The molecular formula is C17H23N3. The number of nitrogens with one attached hydrogen (secondary N) is 1. The Hall–Kier alpha value is -1.87. The van der Waals surface area contributed by atoms with Gasteiger partial charge in [-0.25, -0.2) is 0 Å². The summed E-state index contributed by atoms with van der Waals surface area (Å²) < 4.78 is 0. The Morgan fingerprint density at radius 2 is 1.95 bits per heavy atom. The van der Waals surface area contributed by atoms with Gasteiger partial charge in [0, 0.05) is 43.8 Å². The van der Waals surface area contributed by atoms with Crippen LogP contribution in [0.2, 0.25) is 0 Å². The molecule has 3 heteroatoms. The normalized spacial score (nSPS) is 10.6. The molecule has 0 radical (unpaired) electrons. The van der Waals surface area contributed by atoms with Gasteiger partial charge in [0.15, 0.2) is 0 Å². The van der Waals surface area contributed by atoms with E-state index in [-0.39, 0.29) is 0 Å². The lowest BCUT2D eigenvalue weighted by Crippen LogP contribution is -2.21. The minimum atomic E-state index is 0.859. The minimum Gasteiger partial charge on any atom is -0.370 e. The molecule has 1 N–H and O–H groups in total. The van der Waals surface area contributed by atoms with Crippen LogP contribution in [0, 0.1) is 6.92 Å². The number of benzene rings is 1. The Labute approximate surface area is 121 Å². The number of nitrogens with zero attached hydrogens (tertiary/aromatic N) is 2. The van der Waals surface area contributed by atoms with Gasteiger partial charge in [0.2, 0.25) is 0 Å². The van der Waals surface area contributed by atoms with E-state index in [4.69, 9.17) is 0 Å². The fourth-order valence-corrected chi connectivity index (χ4v) is 2.32. The minimum absolute atomic E-state index is 0.859. The first kappa shape index (κ1) is 14.5. The van der Waals surface area contributed by atoms with Crippen molar-refractivity contribution in [2.24, 2.45) is 0 Å². The molecular weight excluding hydrogens is 246 g/mol. The number of aromatic nitrogens is 1. The SMILES string of the molecule is CCNCc1cnccc1N(C)Cc1ccccc1C. The maximum atomic E-state index is 4.24. The number of pyridine rings is 1. The Balaban J connectivity index is 2.16. The fourth-order valence-electron chi connectivity index (χ4n) is 2.32. The van der Waals surface area contributed by atoms with Crippen molar-refractivity contribution >= 4 is 5.69 Å². The molecule has 0 fully saturated rings. The highest BCUT2D eigenvalue weighted by atomic mass is 15.1. The first-order chi connectivity index (χ1) is 9.72. The summed E-state index contributed by atoms with van der Waals surface area (Å²) in [7, 11) is 2.14. The zero-order valence-electron chi connectivity index (χ0n) is 12.6. The van der Waals surface area contributed by atoms with Crippen LogP contribution in [0.25, 0.3) is 0 Å². The predicted molar refractivity (Wildman–Crippen MR) is 84.9 cm³/mol. The van der Waals surface area contributed by atoms with Crippen molar-refractivity contribution in [3.63, 3.8) is 0 Å². The van der Waals surface area contributed by atoms with Gasteiger partial charge < -0.3 is 10.2 Å². The summed E-state index contributed by atoms with van der Waals surface area (Å²) in [5.74, 6) is 0. The average Bonchev–Trinajstić information content (AvgIpc) is 2.47. The first-order valence-electron chi connectivity index (χ1n) is 7.11. The number of rotatable bonds is 6. The second kappa shape index (κ2) is 7.06. The zero-order valence-corrected chi connectivity index (χ0v) is 12.6. The molecule has 0 aliphatic rings. The molecule has 1 aromatic heterocycles. The molecule has 0 amide bonds. The quantitative estimate of drug-likeness (QED) is 0.873. The number of anilines is 1. The lowest BCUT2D eigenvalue weighted by atomic mass is 10.1. The molecule has 1 heterocycles. The third-order valence-corrected chi connectivity index (χ3v) is 3.52. The van der Waals surface area contributed by atoms with Crippen LogP contribution in [-0.2, 0) is 13.1 Å². The summed E-state index contributed by atoms with van der Waals surface area (Å²) in [6, 6.07) is 10.6. The summed E-state index contributed by atoms with van der Waals surface area (Å²) in [6.07, 6.45) is 3.81. The summed E-state index contributed by atoms with van der Waals surface area (Å²) in [6.45, 7) is 7.02. The van der Waals surface area contributed by atoms with Crippen molar-refractivity contribution < 1.29 is 0 Å². The van der Waals surface area contributed by atoms with Gasteiger partial charge in [-0.3, -0.25) is 4.98 Å². The molecule has 0 bridgehead atoms. The monoisotopic (exact) mass is 269 g/mol. The maximum absolute atomic E-state index is 4.24. The van der Waals surface area contributed by atoms with Crippen LogP contribution in [0.15, 0.2) is 42.7 Å². The Morgan fingerprint density at radius 1 is 1.15 bits per heavy atom. The van der Waals surface area contributed by atoms with Crippen molar-refractivity contribution in [3.05, 3.63) is 59.4 Å². The van der Waals surface area contributed by atoms with Crippen LogP contribution in [0.3, 0.4) is 0 Å². The van der Waals surface area contributed by atoms with Crippen LogP contribution in [0.4, 0.5) is 5.69 Å². The third-order valence-electron chi connectivity index (χ3n) is 3.52. The Kier molecular flexibility index (Phi) is 5.13. The lowest BCUT2D eigenvalue weighted by Gasteiger charge is -2.23. The standard InChI is InChI=1S/C17H23N3/c1-4-18-11-16-12-19-10-9-17(16)20(3)13-15-8-6-5-7-14(15)2/h5-10,12,18H,4,11,13H2,1-3H3. The Bertz CT molecular complexity index is 551. The highest BCUT2D eigenvalue weighted by Gasteiger charge is 2.08. The van der Waals surface area contributed by atoms with Crippen molar-refractivity contribution in [2.75, 3.05) is 18.5 Å². The van der Waals surface area contributed by atoms with Crippen molar-refractivity contribution in [3.8, 4) is 0 Å². The van der Waals surface area contributed by atoms with E-state index in [2.05, 4.69) is 66.4 Å². The molecule has 0 unspecified atom stereocenters. The third kappa shape index (κ3) is 3.58. The topological polar surface area (TPSA) is 28.2 Å². The van der Waals surface area contributed by atoms with Gasteiger partial charge in [0.05, 0.1) is 0 Å². The molecule has 0 saturated carbocycles. The molecule has 0 aliphatic heterocycles. The van der Waals surface area contributed by atoms with Crippen molar-refractivity contribution in [1.29, 1.82) is 0 Å². The lowest BCUT2D eigenvalue weighted by molar-refractivity contribution is 0.720. The number of hydrogen-bond donors (Lipinski definition) is 1. The second-order valence-electron chi connectivity index (χ2n) is 5.07. The average molecular weight is 269 g/mol. The van der Waals surface area contributed by atoms with Crippen LogP contribution in [-0.4, -0.2) is 18.6 Å². The van der Waals surface area contributed by atoms with E-state index in [1.165, 1.54) is 22.4 Å². The largest absolute Gasteiger partial charge is 0.370 e. The number of aryl methyl sites for hydroxylation is 1. The van der Waals surface area contributed by atoms with Crippen LogP contribution < -0.4 is 10.2 Å². The van der Waals surface area contributed by atoms with E-state index >= 15 is 0 Å². The first-order valence-corrected chi connectivity index (χ1v) is 7.11. The van der Waals surface area contributed by atoms with Gasteiger partial charge in [-0.15, -0.1) is 0 Å². The smallest absolute Gasteiger partial charge is 0.0443 e. The molecule has 0 aliphatic carbocycles. The zero-order chi connectivity index (χ0) is 14.4. The van der Waals surface area contributed by atoms with Crippen molar-refractivity contribution in [1.82, 2.24) is 10.3 Å². The summed E-state index contributed by atoms with van der Waals surface area (Å²) in [5, 5.41) is 3.37. The van der Waals surface area contributed by atoms with Crippen LogP contribution in [0.5, 0.6) is 0 Å². The molecule has 0 spiro atoms. The van der Waals surface area contributed by atoms with Gasteiger partial charge in [-0.05, 0) is 30.7 Å². The maximum Gasteiger partial charge on any atom is 0.0443 e. The molecule has 106 valence electrons. The van der Waals surface area contributed by atoms with Gasteiger partial charge in [0.25, 0.3) is 0 Å². The van der Waals surface area contributed by atoms with Crippen LogP contribution >= 0.6 is 0 Å². The highest BCUT2D eigenvalue weighted by Crippen LogP contribution is 2.21. The van der Waals surface area contributed by atoms with Gasteiger partial charge >= 0.3 is 0 Å². The van der Waals surface area contributed by atoms with E-state index in [1.807, 2.05) is 12.4 Å². The highest BCUT2D eigenvalue weighted by molar-refractivity contribution is 5.52. The van der Waals surface area contributed by atoms with Gasteiger partial charge in [-0.1, -0.05) is 31.2 Å². The summed E-state index contributed by atoms with van der Waals surface area (Å²) >= 11 is 0. The van der Waals surface area contributed by atoms with Crippen LogP contribution in [0.1, 0.15) is 23.6 Å². The van der Waals surface area contributed by atoms with Gasteiger partial charge in [-0.2, -0.15) is 0 Å².